The van der Waals surface area contributed by atoms with E-state index in [9.17, 15) is 8.42 Å². The van der Waals surface area contributed by atoms with Gasteiger partial charge in [-0.05, 0) is 19.3 Å². The molecule has 2 aromatic heterocycles. The minimum Gasteiger partial charge on any atom is -0.275 e. The Balaban J connectivity index is 2.02. The zero-order valence-electron chi connectivity index (χ0n) is 13.8. The van der Waals surface area contributed by atoms with Crippen LogP contribution < -0.4 is 0 Å². The Hall–Kier alpha value is -1.67. The average Bonchev–Trinajstić information content (AvgIpc) is 3.13. The van der Waals surface area contributed by atoms with Crippen LogP contribution in [0.1, 0.15) is 43.5 Å². The molecular formula is C15H23N5O2S. The first-order chi connectivity index (χ1) is 10.9. The molecule has 8 heteroatoms. The van der Waals surface area contributed by atoms with Gasteiger partial charge in [0, 0.05) is 38.6 Å². The predicted molar refractivity (Wildman–Crippen MR) is 86.3 cm³/mol. The number of nitrogens with zero attached hydrogens (tertiary/aromatic N) is 5. The lowest BCUT2D eigenvalue weighted by Crippen LogP contribution is -2.38. The summed E-state index contributed by atoms with van der Waals surface area (Å²) in [7, 11) is 0.0466. The molecular weight excluding hydrogens is 314 g/mol. The molecule has 1 aliphatic rings. The van der Waals surface area contributed by atoms with E-state index in [4.69, 9.17) is 0 Å². The van der Waals surface area contributed by atoms with Crippen LogP contribution in [-0.2, 0) is 30.5 Å². The van der Waals surface area contributed by atoms with Gasteiger partial charge in [-0.25, -0.2) is 8.42 Å². The lowest BCUT2D eigenvalue weighted by atomic mass is 10.0. The van der Waals surface area contributed by atoms with Gasteiger partial charge in [-0.3, -0.25) is 9.36 Å². The summed E-state index contributed by atoms with van der Waals surface area (Å²) in [5, 5.41) is 8.48. The van der Waals surface area contributed by atoms with Crippen molar-refractivity contribution in [3.8, 4) is 0 Å². The molecule has 0 saturated carbocycles. The van der Waals surface area contributed by atoms with Crippen molar-refractivity contribution in [1.82, 2.24) is 23.9 Å². The maximum absolute atomic E-state index is 13.2. The molecule has 0 aromatic carbocycles. The summed E-state index contributed by atoms with van der Waals surface area (Å²) < 4.78 is 31.4. The lowest BCUT2D eigenvalue weighted by molar-refractivity contribution is 0.255. The highest BCUT2D eigenvalue weighted by atomic mass is 32.2. The maximum atomic E-state index is 13.2. The molecule has 7 nitrogen and oxygen atoms in total. The van der Waals surface area contributed by atoms with Crippen molar-refractivity contribution in [3.05, 3.63) is 29.8 Å². The smallest absolute Gasteiger partial charge is 0.247 e. The van der Waals surface area contributed by atoms with E-state index in [0.29, 0.717) is 23.6 Å². The third kappa shape index (κ3) is 2.92. The van der Waals surface area contributed by atoms with Crippen LogP contribution in [0.25, 0.3) is 0 Å². The molecule has 3 heterocycles. The number of aromatic nitrogens is 4. The summed E-state index contributed by atoms with van der Waals surface area (Å²) in [6.07, 6.45) is 8.62. The van der Waals surface area contributed by atoms with Crippen molar-refractivity contribution in [1.29, 1.82) is 0 Å². The normalized spacial score (nSPS) is 20.0. The molecule has 3 rings (SSSR count). The third-order valence-corrected chi connectivity index (χ3v) is 6.30. The van der Waals surface area contributed by atoms with Gasteiger partial charge in [0.05, 0.1) is 17.9 Å². The van der Waals surface area contributed by atoms with Crippen LogP contribution in [0.4, 0.5) is 0 Å². The minimum atomic E-state index is -3.56. The monoisotopic (exact) mass is 337 g/mol. The Bertz CT molecular complexity index is 793. The standard InChI is InChI=1S/C15H23N5O2S/c1-4-13-15(11-19(3)17-13)23(21,22)20-8-6-5-7-14(20)12-9-16-18(2)10-12/h9-11,14H,4-8H2,1-3H3. The largest absolute Gasteiger partial charge is 0.275 e. The summed E-state index contributed by atoms with van der Waals surface area (Å²) >= 11 is 0. The van der Waals surface area contributed by atoms with Crippen LogP contribution in [0.3, 0.4) is 0 Å². The molecule has 1 unspecified atom stereocenters. The molecule has 1 aliphatic heterocycles. The second kappa shape index (κ2) is 6.09. The number of hydrogen-bond donors (Lipinski definition) is 0. The molecule has 0 radical (unpaired) electrons. The fourth-order valence-electron chi connectivity index (χ4n) is 3.24. The molecule has 0 N–H and O–H groups in total. The van der Waals surface area contributed by atoms with Crippen molar-refractivity contribution < 1.29 is 8.42 Å². The van der Waals surface area contributed by atoms with Gasteiger partial charge in [-0.2, -0.15) is 14.5 Å². The van der Waals surface area contributed by atoms with Crippen molar-refractivity contribution in [2.45, 2.75) is 43.5 Å². The van der Waals surface area contributed by atoms with E-state index < -0.39 is 10.0 Å². The Labute approximate surface area is 137 Å². The van der Waals surface area contributed by atoms with Crippen LogP contribution in [0.5, 0.6) is 0 Å². The molecule has 0 spiro atoms. The quantitative estimate of drug-likeness (QED) is 0.850. The van der Waals surface area contributed by atoms with E-state index >= 15 is 0 Å². The highest BCUT2D eigenvalue weighted by Gasteiger charge is 2.37. The molecule has 1 atom stereocenters. The molecule has 0 aliphatic carbocycles. The van der Waals surface area contributed by atoms with Crippen LogP contribution >= 0.6 is 0 Å². The van der Waals surface area contributed by atoms with Crippen LogP contribution in [0, 0.1) is 0 Å². The maximum Gasteiger partial charge on any atom is 0.247 e. The van der Waals surface area contributed by atoms with E-state index in [1.807, 2.05) is 20.2 Å². The van der Waals surface area contributed by atoms with Gasteiger partial charge < -0.3 is 0 Å². The highest BCUT2D eigenvalue weighted by molar-refractivity contribution is 7.89. The Morgan fingerprint density at radius 2 is 2.00 bits per heavy atom. The Morgan fingerprint density at radius 3 is 2.65 bits per heavy atom. The summed E-state index contributed by atoms with van der Waals surface area (Å²) in [6, 6.07) is -0.146. The van der Waals surface area contributed by atoms with E-state index in [1.165, 1.54) is 0 Å². The minimum absolute atomic E-state index is 0.146. The topological polar surface area (TPSA) is 73.0 Å². The van der Waals surface area contributed by atoms with E-state index in [0.717, 1.165) is 24.8 Å². The number of aryl methyl sites for hydroxylation is 3. The fraction of sp³-hybridized carbons (Fsp3) is 0.600. The second-order valence-electron chi connectivity index (χ2n) is 6.04. The molecule has 1 fully saturated rings. The SMILES string of the molecule is CCc1nn(C)cc1S(=O)(=O)N1CCCCC1c1cnn(C)c1. The summed E-state index contributed by atoms with van der Waals surface area (Å²) in [4.78, 5) is 0.332. The van der Waals surface area contributed by atoms with Crippen molar-refractivity contribution >= 4 is 10.0 Å². The van der Waals surface area contributed by atoms with Gasteiger partial charge in [0.1, 0.15) is 4.90 Å². The number of hydrogen-bond acceptors (Lipinski definition) is 4. The van der Waals surface area contributed by atoms with Crippen molar-refractivity contribution in [3.63, 3.8) is 0 Å². The lowest BCUT2D eigenvalue weighted by Gasteiger charge is -2.34. The van der Waals surface area contributed by atoms with Crippen LogP contribution in [0.2, 0.25) is 0 Å². The zero-order valence-corrected chi connectivity index (χ0v) is 14.6. The predicted octanol–water partition coefficient (Wildman–Crippen LogP) is 1.63. The van der Waals surface area contributed by atoms with E-state index in [2.05, 4.69) is 10.2 Å². The fourth-order valence-corrected chi connectivity index (χ4v) is 5.19. The first-order valence-corrected chi connectivity index (χ1v) is 9.40. The zero-order chi connectivity index (χ0) is 16.6. The van der Waals surface area contributed by atoms with Gasteiger partial charge in [-0.15, -0.1) is 0 Å². The van der Waals surface area contributed by atoms with Gasteiger partial charge in [0.25, 0.3) is 0 Å². The number of rotatable bonds is 4. The molecule has 23 heavy (non-hydrogen) atoms. The van der Waals surface area contributed by atoms with Crippen LogP contribution in [-0.4, -0.2) is 38.8 Å². The van der Waals surface area contributed by atoms with Gasteiger partial charge in [0.15, 0.2) is 0 Å². The van der Waals surface area contributed by atoms with Crippen LogP contribution in [0.15, 0.2) is 23.5 Å². The first-order valence-electron chi connectivity index (χ1n) is 7.96. The second-order valence-corrected chi connectivity index (χ2v) is 7.90. The number of piperidine rings is 1. The van der Waals surface area contributed by atoms with E-state index in [1.54, 1.807) is 33.1 Å². The molecule has 0 amide bonds. The van der Waals surface area contributed by atoms with Crippen molar-refractivity contribution in [2.24, 2.45) is 14.1 Å². The number of sulfonamides is 1. The molecule has 1 saturated heterocycles. The average molecular weight is 337 g/mol. The van der Waals surface area contributed by atoms with Gasteiger partial charge in [-0.1, -0.05) is 13.3 Å². The van der Waals surface area contributed by atoms with E-state index in [-0.39, 0.29) is 6.04 Å². The summed E-state index contributed by atoms with van der Waals surface area (Å²) in [5.74, 6) is 0. The third-order valence-electron chi connectivity index (χ3n) is 4.35. The molecule has 2 aromatic rings. The molecule has 126 valence electrons. The summed E-state index contributed by atoms with van der Waals surface area (Å²) in [6.45, 7) is 2.47. The van der Waals surface area contributed by atoms with Gasteiger partial charge >= 0.3 is 0 Å². The first kappa shape index (κ1) is 16.2. The van der Waals surface area contributed by atoms with Gasteiger partial charge in [0.2, 0.25) is 10.0 Å². The van der Waals surface area contributed by atoms with Crippen molar-refractivity contribution in [2.75, 3.05) is 6.54 Å². The summed E-state index contributed by atoms with van der Waals surface area (Å²) in [5.41, 5.74) is 1.58. The molecule has 0 bridgehead atoms. The Morgan fingerprint density at radius 1 is 1.22 bits per heavy atom. The highest BCUT2D eigenvalue weighted by Crippen LogP contribution is 2.35. The Kier molecular flexibility index (Phi) is 4.29.